The third kappa shape index (κ3) is 9.13. The van der Waals surface area contributed by atoms with Crippen LogP contribution in [0.4, 0.5) is 0 Å². The average molecular weight is 444 g/mol. The zero-order chi connectivity index (χ0) is 21.8. The quantitative estimate of drug-likeness (QED) is 0.371. The molecule has 7 heteroatoms. The van der Waals surface area contributed by atoms with Crippen molar-refractivity contribution < 1.29 is 0 Å². The molecule has 0 aromatic carbocycles. The molecule has 0 saturated heterocycles. The van der Waals surface area contributed by atoms with Crippen LogP contribution in [0, 0.1) is 24.7 Å². The first-order valence-corrected chi connectivity index (χ1v) is 10.5. The molecule has 0 aliphatic carbocycles. The van der Waals surface area contributed by atoms with E-state index in [1.807, 2.05) is 12.1 Å². The first-order chi connectivity index (χ1) is 14.5. The Hall–Kier alpha value is -2.12. The van der Waals surface area contributed by atoms with Crippen LogP contribution in [0.25, 0.3) is 0 Å². The molecule has 0 fully saturated rings. The number of hydrogen-bond acceptors (Lipinski definition) is 5. The van der Waals surface area contributed by atoms with Crippen molar-refractivity contribution in [3.63, 3.8) is 0 Å². The fourth-order valence-corrected chi connectivity index (χ4v) is 3.16. The molecule has 2 aromatic rings. The molecule has 2 heterocycles. The minimum Gasteiger partial charge on any atom is -0.304 e. The van der Waals surface area contributed by atoms with Gasteiger partial charge < -0.3 is 4.90 Å². The van der Waals surface area contributed by atoms with E-state index >= 15 is 0 Å². The predicted molar refractivity (Wildman–Crippen MR) is 124 cm³/mol. The maximum absolute atomic E-state index is 5.86. The second-order valence-corrected chi connectivity index (χ2v) is 7.89. The monoisotopic (exact) mass is 443 g/mol. The van der Waals surface area contributed by atoms with Gasteiger partial charge in [-0.25, -0.2) is 9.97 Å². The molecular weight excluding hydrogens is 417 g/mol. The van der Waals surface area contributed by atoms with Crippen LogP contribution in [0.2, 0.25) is 10.3 Å². The molecule has 0 amide bonds. The smallest absolute Gasteiger partial charge is 0.129 e. The largest absolute Gasteiger partial charge is 0.304 e. The van der Waals surface area contributed by atoms with Gasteiger partial charge in [0.1, 0.15) is 10.3 Å². The van der Waals surface area contributed by atoms with E-state index in [1.165, 1.54) is 0 Å². The van der Waals surface area contributed by atoms with Crippen LogP contribution in [0.3, 0.4) is 0 Å². The van der Waals surface area contributed by atoms with E-state index in [2.05, 4.69) is 43.6 Å². The summed E-state index contributed by atoms with van der Waals surface area (Å²) in [7, 11) is 2.11. The number of rotatable bonds is 12. The van der Waals surface area contributed by atoms with Gasteiger partial charge in [0.2, 0.25) is 0 Å². The summed E-state index contributed by atoms with van der Waals surface area (Å²) < 4.78 is 0. The van der Waals surface area contributed by atoms with Gasteiger partial charge in [0.15, 0.2) is 0 Å². The topological polar surface area (TPSA) is 35.5 Å². The van der Waals surface area contributed by atoms with E-state index < -0.39 is 0 Å². The van der Waals surface area contributed by atoms with Crippen molar-refractivity contribution in [2.24, 2.45) is 0 Å². The van der Waals surface area contributed by atoms with Crippen molar-refractivity contribution >= 4 is 23.2 Å². The summed E-state index contributed by atoms with van der Waals surface area (Å²) in [6.07, 6.45) is 14.7. The van der Waals surface area contributed by atoms with Crippen LogP contribution >= 0.6 is 23.2 Å². The zero-order valence-corrected chi connectivity index (χ0v) is 18.8. The van der Waals surface area contributed by atoms with Crippen molar-refractivity contribution in [2.45, 2.75) is 13.1 Å². The lowest BCUT2D eigenvalue weighted by atomic mass is 10.2. The number of likely N-dealkylation sites (N-methyl/N-ethyl adjacent to an activating group) is 1. The molecule has 0 radical (unpaired) electrons. The number of pyridine rings is 2. The Morgan fingerprint density at radius 1 is 0.767 bits per heavy atom. The Bertz CT molecular complexity index is 768. The summed E-state index contributed by atoms with van der Waals surface area (Å²) in [5.41, 5.74) is 2.18. The van der Waals surface area contributed by atoms with Crippen molar-refractivity contribution in [2.75, 3.05) is 46.3 Å². The molecule has 30 heavy (non-hydrogen) atoms. The summed E-state index contributed by atoms with van der Waals surface area (Å²) in [6, 6.07) is 7.55. The number of aromatic nitrogens is 2. The fourth-order valence-electron chi connectivity index (χ4n) is 2.94. The van der Waals surface area contributed by atoms with Crippen molar-refractivity contribution in [1.29, 1.82) is 0 Å². The molecule has 0 N–H and O–H groups in total. The molecule has 0 atom stereocenters. The van der Waals surface area contributed by atoms with Crippen LogP contribution < -0.4 is 0 Å². The van der Waals surface area contributed by atoms with E-state index in [0.29, 0.717) is 23.4 Å². The third-order valence-corrected chi connectivity index (χ3v) is 5.06. The Kier molecular flexibility index (Phi) is 10.7. The van der Waals surface area contributed by atoms with E-state index in [4.69, 9.17) is 36.0 Å². The van der Waals surface area contributed by atoms with E-state index in [9.17, 15) is 0 Å². The summed E-state index contributed by atoms with van der Waals surface area (Å²) in [5.74, 6) is 5.47. The van der Waals surface area contributed by atoms with E-state index in [0.717, 1.165) is 50.4 Å². The Balaban J connectivity index is 1.80. The lowest BCUT2D eigenvalue weighted by molar-refractivity contribution is 0.206. The first kappa shape index (κ1) is 24.2. The van der Waals surface area contributed by atoms with Gasteiger partial charge in [0.25, 0.3) is 0 Å². The maximum atomic E-state index is 5.86. The normalized spacial score (nSPS) is 11.1. The number of hydrogen-bond donors (Lipinski definition) is 0. The molecular formula is C23H27Cl2N5. The van der Waals surface area contributed by atoms with E-state index in [-0.39, 0.29) is 0 Å². The molecule has 5 nitrogen and oxygen atoms in total. The summed E-state index contributed by atoms with van der Waals surface area (Å²) in [5, 5.41) is 0.987. The minimum absolute atomic E-state index is 0.493. The lowest BCUT2D eigenvalue weighted by Crippen LogP contribution is -2.37. The number of terminal acetylenes is 2. The van der Waals surface area contributed by atoms with Gasteiger partial charge in [0, 0.05) is 51.7 Å². The van der Waals surface area contributed by atoms with Gasteiger partial charge in [-0.15, -0.1) is 12.8 Å². The second-order valence-electron chi connectivity index (χ2n) is 7.11. The molecule has 2 rings (SSSR count). The highest BCUT2D eigenvalue weighted by atomic mass is 35.5. The SMILES string of the molecule is C#CCN(CCN(C)CCN(CC#C)Cc1ccc(Cl)nc1)Cc1ccc(Cl)nc1. The first-order valence-electron chi connectivity index (χ1n) is 9.71. The Morgan fingerprint density at radius 2 is 1.20 bits per heavy atom. The Morgan fingerprint density at radius 3 is 1.53 bits per heavy atom. The predicted octanol–water partition coefficient (Wildman–Crippen LogP) is 3.29. The van der Waals surface area contributed by atoms with Crippen molar-refractivity contribution in [3.05, 3.63) is 58.1 Å². The molecule has 0 aliphatic rings. The minimum atomic E-state index is 0.493. The lowest BCUT2D eigenvalue weighted by Gasteiger charge is -2.26. The molecule has 0 spiro atoms. The zero-order valence-electron chi connectivity index (χ0n) is 17.3. The second kappa shape index (κ2) is 13.2. The molecule has 0 aliphatic heterocycles. The van der Waals surface area contributed by atoms with Crippen LogP contribution in [0.5, 0.6) is 0 Å². The maximum Gasteiger partial charge on any atom is 0.129 e. The molecule has 2 aromatic heterocycles. The van der Waals surface area contributed by atoms with Gasteiger partial charge in [-0.05, 0) is 30.3 Å². The summed E-state index contributed by atoms with van der Waals surface area (Å²) in [6.45, 7) is 6.18. The van der Waals surface area contributed by atoms with Gasteiger partial charge in [-0.3, -0.25) is 9.80 Å². The summed E-state index contributed by atoms with van der Waals surface area (Å²) in [4.78, 5) is 15.0. The molecule has 0 bridgehead atoms. The fraction of sp³-hybridized carbons (Fsp3) is 0.391. The average Bonchev–Trinajstić information content (AvgIpc) is 2.74. The van der Waals surface area contributed by atoms with Crippen LogP contribution in [-0.2, 0) is 13.1 Å². The van der Waals surface area contributed by atoms with Crippen LogP contribution in [0.1, 0.15) is 11.1 Å². The summed E-state index contributed by atoms with van der Waals surface area (Å²) >= 11 is 11.7. The number of halogens is 2. The van der Waals surface area contributed by atoms with Gasteiger partial charge >= 0.3 is 0 Å². The molecule has 0 saturated carbocycles. The standard InChI is InChI=1S/C23H27Cl2N5/c1-4-10-29(18-20-6-8-22(24)26-16-20)14-12-28(3)13-15-30(11-5-2)19-21-7-9-23(25)27-17-21/h1-2,6-9,16-17H,10-15,18-19H2,3H3. The van der Waals surface area contributed by atoms with Gasteiger partial charge in [-0.1, -0.05) is 47.2 Å². The van der Waals surface area contributed by atoms with E-state index in [1.54, 1.807) is 24.5 Å². The Labute approximate surface area is 190 Å². The highest BCUT2D eigenvalue weighted by molar-refractivity contribution is 6.29. The molecule has 158 valence electrons. The van der Waals surface area contributed by atoms with Crippen LogP contribution in [-0.4, -0.2) is 71.0 Å². The highest BCUT2D eigenvalue weighted by Gasteiger charge is 2.10. The highest BCUT2D eigenvalue weighted by Crippen LogP contribution is 2.09. The third-order valence-electron chi connectivity index (χ3n) is 4.62. The van der Waals surface area contributed by atoms with Crippen LogP contribution in [0.15, 0.2) is 36.7 Å². The van der Waals surface area contributed by atoms with Gasteiger partial charge in [0.05, 0.1) is 13.1 Å². The molecule has 0 unspecified atom stereocenters. The van der Waals surface area contributed by atoms with Gasteiger partial charge in [-0.2, -0.15) is 0 Å². The van der Waals surface area contributed by atoms with Crippen molar-refractivity contribution in [3.8, 4) is 24.7 Å². The number of nitrogens with zero attached hydrogens (tertiary/aromatic N) is 5. The van der Waals surface area contributed by atoms with Crippen molar-refractivity contribution in [1.82, 2.24) is 24.7 Å².